The normalized spacial score (nSPS) is 17.2. The Labute approximate surface area is 257 Å². The van der Waals surface area contributed by atoms with Crippen molar-refractivity contribution in [2.75, 3.05) is 49.1 Å². The van der Waals surface area contributed by atoms with Crippen molar-refractivity contribution < 1.29 is 31.6 Å². The van der Waals surface area contributed by atoms with Gasteiger partial charge in [0.05, 0.1) is 6.42 Å². The van der Waals surface area contributed by atoms with Crippen molar-refractivity contribution in [2.24, 2.45) is 0 Å². The molecule has 4 aromatic rings. The molecule has 0 unspecified atom stereocenters. The fraction of sp³-hybridized carbons (Fsp3) is 0.333. The lowest BCUT2D eigenvalue weighted by Crippen LogP contribution is -2.49. The lowest BCUT2D eigenvalue weighted by Gasteiger charge is -2.35. The average Bonchev–Trinajstić information content (AvgIpc) is 3.72. The summed E-state index contributed by atoms with van der Waals surface area (Å²) in [5.74, 6) is -1.46. The number of anilines is 2. The van der Waals surface area contributed by atoms with E-state index in [0.717, 1.165) is 12.0 Å². The van der Waals surface area contributed by atoms with Crippen LogP contribution >= 0.6 is 0 Å². The third-order valence-corrected chi connectivity index (χ3v) is 8.30. The Morgan fingerprint density at radius 3 is 2.29 bits per heavy atom. The van der Waals surface area contributed by atoms with Crippen LogP contribution in [0, 0.1) is 5.82 Å². The molecule has 1 atom stereocenters. The van der Waals surface area contributed by atoms with E-state index >= 15 is 0 Å². The molecule has 0 bridgehead atoms. The van der Waals surface area contributed by atoms with E-state index in [-0.39, 0.29) is 30.7 Å². The Kier molecular flexibility index (Phi) is 8.55. The van der Waals surface area contributed by atoms with E-state index in [0.29, 0.717) is 56.2 Å². The van der Waals surface area contributed by atoms with Gasteiger partial charge in [-0.1, -0.05) is 54.6 Å². The average molecular weight is 622 g/mol. The molecule has 2 fully saturated rings. The fourth-order valence-electron chi connectivity index (χ4n) is 5.83. The van der Waals surface area contributed by atoms with E-state index in [1.165, 1.54) is 12.3 Å². The van der Waals surface area contributed by atoms with Crippen molar-refractivity contribution in [1.82, 2.24) is 14.9 Å². The number of ketones is 1. The first kappa shape index (κ1) is 30.3. The number of hydrogen-bond acceptors (Lipinski definition) is 7. The molecule has 0 radical (unpaired) electrons. The number of amides is 1. The molecule has 2 aliphatic rings. The third-order valence-electron chi connectivity index (χ3n) is 8.30. The molecule has 1 amide bonds. The van der Waals surface area contributed by atoms with Crippen LogP contribution in [-0.4, -0.2) is 65.8 Å². The minimum atomic E-state index is -4.85. The first-order valence-corrected chi connectivity index (χ1v) is 14.8. The number of Topliss-reactive ketones (excluding diaryl/α,β-unsaturated/α-hetero) is 1. The van der Waals surface area contributed by atoms with Gasteiger partial charge in [0.1, 0.15) is 11.6 Å². The predicted molar refractivity (Wildman–Crippen MR) is 159 cm³/mol. The topological polar surface area (TPSA) is 82.8 Å². The van der Waals surface area contributed by atoms with Gasteiger partial charge in [-0.3, -0.25) is 9.59 Å². The van der Waals surface area contributed by atoms with Crippen LogP contribution < -0.4 is 9.80 Å². The van der Waals surface area contributed by atoms with Gasteiger partial charge in [-0.15, -0.1) is 0 Å². The van der Waals surface area contributed by atoms with Gasteiger partial charge >= 0.3 is 6.18 Å². The molecule has 4 heterocycles. The molecule has 234 valence electrons. The number of carbonyl (C=O) groups excluding carboxylic acids is 2. The van der Waals surface area contributed by atoms with Gasteiger partial charge in [-0.25, -0.2) is 9.37 Å². The maximum atomic E-state index is 13.9. The van der Waals surface area contributed by atoms with Crippen LogP contribution in [0.15, 0.2) is 77.3 Å². The van der Waals surface area contributed by atoms with Crippen LogP contribution in [0.2, 0.25) is 0 Å². The number of benzene rings is 2. The van der Waals surface area contributed by atoms with E-state index < -0.39 is 29.2 Å². The number of alkyl halides is 3. The Morgan fingerprint density at radius 2 is 1.60 bits per heavy atom. The summed E-state index contributed by atoms with van der Waals surface area (Å²) in [5, 5.41) is 0. The largest absolute Gasteiger partial charge is 0.437 e. The lowest BCUT2D eigenvalue weighted by molar-refractivity contribution is -0.141. The summed E-state index contributed by atoms with van der Waals surface area (Å²) in [6, 6.07) is 19.1. The zero-order valence-corrected chi connectivity index (χ0v) is 24.3. The predicted octanol–water partition coefficient (Wildman–Crippen LogP) is 5.54. The fourth-order valence-corrected chi connectivity index (χ4v) is 5.83. The summed E-state index contributed by atoms with van der Waals surface area (Å²) >= 11 is 0. The monoisotopic (exact) mass is 621 g/mol. The summed E-state index contributed by atoms with van der Waals surface area (Å²) < 4.78 is 61.1. The Hall–Kier alpha value is -4.74. The quantitative estimate of drug-likeness (QED) is 0.189. The lowest BCUT2D eigenvalue weighted by atomic mass is 9.99. The molecular weight excluding hydrogens is 590 g/mol. The van der Waals surface area contributed by atoms with Gasteiger partial charge < -0.3 is 19.1 Å². The van der Waals surface area contributed by atoms with Crippen molar-refractivity contribution in [3.8, 4) is 0 Å². The molecule has 6 rings (SSSR count). The van der Waals surface area contributed by atoms with Crippen LogP contribution in [0.25, 0.3) is 0 Å². The van der Waals surface area contributed by atoms with E-state index in [1.807, 2.05) is 35.2 Å². The Morgan fingerprint density at radius 1 is 0.867 bits per heavy atom. The SMILES string of the molecule is O=C(Cc1ccc(N2CCN(C(=O)Cc3ccccc3F)CC2)nc1)c1oc(N2CC[C@H](c3ccccc3)C2)nc1C(F)(F)F. The van der Waals surface area contributed by atoms with Crippen LogP contribution in [0.5, 0.6) is 0 Å². The second-order valence-electron chi connectivity index (χ2n) is 11.3. The molecular formula is C33H31F4N5O3. The van der Waals surface area contributed by atoms with Gasteiger partial charge in [0.15, 0.2) is 5.69 Å². The number of nitrogens with zero attached hydrogens (tertiary/aromatic N) is 5. The van der Waals surface area contributed by atoms with E-state index in [9.17, 15) is 27.2 Å². The summed E-state index contributed by atoms with van der Waals surface area (Å²) in [5.41, 5.74) is 0.551. The van der Waals surface area contributed by atoms with Gasteiger partial charge in [-0.05, 0) is 35.2 Å². The molecule has 0 N–H and O–H groups in total. The van der Waals surface area contributed by atoms with Crippen LogP contribution in [0.1, 0.15) is 45.3 Å². The molecule has 2 aromatic heterocycles. The Balaban J connectivity index is 1.07. The zero-order valence-electron chi connectivity index (χ0n) is 24.3. The van der Waals surface area contributed by atoms with Crippen molar-refractivity contribution in [3.63, 3.8) is 0 Å². The van der Waals surface area contributed by atoms with Crippen molar-refractivity contribution in [2.45, 2.75) is 31.4 Å². The minimum absolute atomic E-state index is 0.0113. The standard InChI is InChI=1S/C33H31F4N5O3/c34-26-9-5-4-8-24(26)19-29(44)41-16-14-40(15-17-41)28-11-10-22(20-38-28)18-27(43)30-31(33(35,36)37)39-32(45-30)42-13-12-25(21-42)23-6-2-1-3-7-23/h1-11,20,25H,12-19,21H2/t25-/m0/s1. The number of aromatic nitrogens is 2. The molecule has 0 aliphatic carbocycles. The summed E-state index contributed by atoms with van der Waals surface area (Å²) in [6.45, 7) is 2.79. The van der Waals surface area contributed by atoms with Crippen LogP contribution in [-0.2, 0) is 23.8 Å². The Bertz CT molecular complexity index is 1650. The number of pyridine rings is 1. The maximum absolute atomic E-state index is 13.9. The molecule has 45 heavy (non-hydrogen) atoms. The van der Waals surface area contributed by atoms with Crippen LogP contribution in [0.4, 0.5) is 29.4 Å². The van der Waals surface area contributed by atoms with E-state index in [1.54, 1.807) is 40.1 Å². The number of halogens is 4. The van der Waals surface area contributed by atoms with Gasteiger partial charge in [0.2, 0.25) is 17.5 Å². The first-order chi connectivity index (χ1) is 21.7. The van der Waals surface area contributed by atoms with E-state index in [2.05, 4.69) is 9.97 Å². The van der Waals surface area contributed by atoms with Gasteiger partial charge in [-0.2, -0.15) is 18.2 Å². The summed E-state index contributed by atoms with van der Waals surface area (Å²) in [7, 11) is 0. The molecule has 12 heteroatoms. The molecule has 8 nitrogen and oxygen atoms in total. The highest BCUT2D eigenvalue weighted by molar-refractivity contribution is 5.96. The molecule has 2 aromatic carbocycles. The molecule has 2 saturated heterocycles. The number of rotatable bonds is 8. The molecule has 0 saturated carbocycles. The highest BCUT2D eigenvalue weighted by Gasteiger charge is 2.42. The third kappa shape index (κ3) is 6.84. The molecule has 2 aliphatic heterocycles. The number of piperazine rings is 1. The first-order valence-electron chi connectivity index (χ1n) is 14.8. The highest BCUT2D eigenvalue weighted by Crippen LogP contribution is 2.37. The number of carbonyl (C=O) groups is 2. The highest BCUT2D eigenvalue weighted by atomic mass is 19.4. The van der Waals surface area contributed by atoms with Crippen LogP contribution in [0.3, 0.4) is 0 Å². The molecule has 0 spiro atoms. The summed E-state index contributed by atoms with van der Waals surface area (Å²) in [6.07, 6.45) is -3.02. The smallest absolute Gasteiger partial charge is 0.420 e. The van der Waals surface area contributed by atoms with Crippen molar-refractivity contribution in [1.29, 1.82) is 0 Å². The van der Waals surface area contributed by atoms with Crippen molar-refractivity contribution in [3.05, 3.63) is 107 Å². The second kappa shape index (κ2) is 12.7. The zero-order chi connectivity index (χ0) is 31.6. The second-order valence-corrected chi connectivity index (χ2v) is 11.3. The van der Waals surface area contributed by atoms with Gasteiger partial charge in [0.25, 0.3) is 6.01 Å². The number of hydrogen-bond donors (Lipinski definition) is 0. The van der Waals surface area contributed by atoms with E-state index in [4.69, 9.17) is 4.42 Å². The van der Waals surface area contributed by atoms with Gasteiger partial charge in [0, 0.05) is 57.8 Å². The maximum Gasteiger partial charge on any atom is 0.437 e. The number of oxazole rings is 1. The summed E-state index contributed by atoms with van der Waals surface area (Å²) in [4.78, 5) is 39.2. The minimum Gasteiger partial charge on any atom is -0.420 e. The van der Waals surface area contributed by atoms with Crippen molar-refractivity contribution >= 4 is 23.5 Å².